The lowest BCUT2D eigenvalue weighted by Crippen LogP contribution is -2.46. The number of aliphatic hydroxyl groups excluding tert-OH is 4. The Labute approximate surface area is 494 Å². The number of anilines is 2. The summed E-state index contributed by atoms with van der Waals surface area (Å²) in [5.74, 6) is -0.567. The van der Waals surface area contributed by atoms with Crippen molar-refractivity contribution in [1.29, 1.82) is 10.5 Å². The normalized spacial score (nSPS) is 26.7. The van der Waals surface area contributed by atoms with Gasteiger partial charge in [0.2, 0.25) is 11.2 Å². The van der Waals surface area contributed by atoms with Crippen LogP contribution in [-0.2, 0) is 46.7 Å². The van der Waals surface area contributed by atoms with Gasteiger partial charge >= 0.3 is 27.4 Å². The van der Waals surface area contributed by atoms with Crippen LogP contribution in [0.15, 0.2) is 97.6 Å². The molecule has 86 heavy (non-hydrogen) atoms. The molecular weight excluding hydrogens is 1160 g/mol. The second kappa shape index (κ2) is 27.7. The molecule has 2 aliphatic carbocycles. The first-order chi connectivity index (χ1) is 41.3. The maximum Gasteiger partial charge on any atom is 0.459 e. The van der Waals surface area contributed by atoms with Crippen molar-refractivity contribution in [2.75, 3.05) is 24.7 Å². The van der Waals surface area contributed by atoms with Crippen molar-refractivity contribution < 1.29 is 76.2 Å². The number of rotatable bonds is 20. The first-order valence-corrected chi connectivity index (χ1v) is 31.4. The third kappa shape index (κ3) is 14.5. The lowest BCUT2D eigenvalue weighted by molar-refractivity contribution is -0.152. The quantitative estimate of drug-likeness (QED) is 0.0261. The Morgan fingerprint density at radius 3 is 1.33 bits per heavy atom. The molecule has 4 aliphatic rings. The fraction of sp³-hybridized carbons (Fsp3) is 0.500. The van der Waals surface area contributed by atoms with Gasteiger partial charge in [-0.1, -0.05) is 62.1 Å². The minimum Gasteiger partial charge on any atom is -0.461 e. The molecule has 2 aliphatic heterocycles. The highest BCUT2D eigenvalue weighted by Crippen LogP contribution is 2.51. The lowest BCUT2D eigenvalue weighted by Gasteiger charge is -2.28. The molecule has 4 aromatic heterocycles. The minimum atomic E-state index is -4.41. The van der Waals surface area contributed by atoms with Crippen molar-refractivity contribution in [2.24, 2.45) is 0 Å². The molecule has 12 atom stereocenters. The monoisotopic (exact) mass is 1230 g/mol. The zero-order valence-corrected chi connectivity index (χ0v) is 49.0. The second-order valence-electron chi connectivity index (χ2n) is 21.5. The van der Waals surface area contributed by atoms with Gasteiger partial charge in [-0.3, -0.25) is 18.6 Å². The van der Waals surface area contributed by atoms with Crippen molar-refractivity contribution in [3.8, 4) is 23.6 Å². The van der Waals surface area contributed by atoms with Crippen LogP contribution in [0.4, 0.5) is 11.6 Å². The molecule has 460 valence electrons. The number of nitriles is 2. The van der Waals surface area contributed by atoms with E-state index in [1.54, 1.807) is 60.7 Å². The van der Waals surface area contributed by atoms with E-state index in [1.807, 2.05) is 12.1 Å². The Balaban J connectivity index is 0.000000205. The van der Waals surface area contributed by atoms with Crippen LogP contribution in [0.5, 0.6) is 11.5 Å². The topological polar surface area (TPSA) is 407 Å². The van der Waals surface area contributed by atoms with E-state index >= 15 is 0 Å². The number of aliphatic hydroxyl groups is 4. The van der Waals surface area contributed by atoms with Crippen LogP contribution in [-0.4, -0.2) is 135 Å². The first-order valence-electron chi connectivity index (χ1n) is 28.3. The molecule has 4 fully saturated rings. The van der Waals surface area contributed by atoms with Gasteiger partial charge in [-0.05, 0) is 114 Å². The standard InChI is InChI=1S/2C28H35N6O8P/c2*1-18(27(37)40-19-9-5-2-3-6-10-19)33-43(38,42-20-11-7-4-8-12-20)39-16-28(15-29)25(36)23(35)24(41-28)21-13-14-22-26(30)31-17-32-34(21)22/h2*4,7-8,11-14,17-19,23-25,35-36H,2-3,5-6,9-10,16H2,1H3,(H,33,38)(H2,30,31,32)/t18-,23-,24-,25-,28+,43+;18-,23-,24-,25-,28+,43-/m00/s1. The van der Waals surface area contributed by atoms with Crippen molar-refractivity contribution in [3.63, 3.8) is 0 Å². The van der Waals surface area contributed by atoms with Crippen LogP contribution < -0.4 is 30.7 Å². The number of esters is 2. The highest BCUT2D eigenvalue weighted by molar-refractivity contribution is 7.52. The number of aromatic nitrogens is 6. The maximum atomic E-state index is 14.1. The molecule has 10 N–H and O–H groups in total. The zero-order chi connectivity index (χ0) is 61.2. The zero-order valence-electron chi connectivity index (χ0n) is 47.2. The summed E-state index contributed by atoms with van der Waals surface area (Å²) in [5, 5.41) is 77.6. The molecule has 2 saturated carbocycles. The predicted molar refractivity (Wildman–Crippen MR) is 305 cm³/mol. The van der Waals surface area contributed by atoms with Crippen LogP contribution in [0.3, 0.4) is 0 Å². The number of carbonyl (C=O) groups excluding carboxylic acids is 2. The van der Waals surface area contributed by atoms with Gasteiger partial charge in [0.05, 0.1) is 11.4 Å². The predicted octanol–water partition coefficient (Wildman–Crippen LogP) is 5.63. The fourth-order valence-electron chi connectivity index (χ4n) is 10.6. The molecule has 6 aromatic rings. The number of hydrogen-bond donors (Lipinski definition) is 8. The largest absolute Gasteiger partial charge is 0.461 e. The summed E-state index contributed by atoms with van der Waals surface area (Å²) in [6, 6.07) is 24.1. The van der Waals surface area contributed by atoms with Gasteiger partial charge < -0.3 is 59.9 Å². The Morgan fingerprint density at radius 2 is 0.977 bits per heavy atom. The van der Waals surface area contributed by atoms with Gasteiger partial charge in [-0.25, -0.2) is 28.1 Å². The molecule has 0 spiro atoms. The van der Waals surface area contributed by atoms with E-state index in [0.29, 0.717) is 22.4 Å². The van der Waals surface area contributed by atoms with Crippen LogP contribution in [0.2, 0.25) is 0 Å². The minimum absolute atomic E-state index is 0.163. The van der Waals surface area contributed by atoms with E-state index in [4.69, 9.17) is 48.5 Å². The van der Waals surface area contributed by atoms with Crippen molar-refractivity contribution in [2.45, 2.75) is 163 Å². The van der Waals surface area contributed by atoms with E-state index in [-0.39, 0.29) is 35.3 Å². The summed E-state index contributed by atoms with van der Waals surface area (Å²) in [7, 11) is -8.82. The van der Waals surface area contributed by atoms with Crippen molar-refractivity contribution in [1.82, 2.24) is 39.4 Å². The fourth-order valence-corrected chi connectivity index (χ4v) is 13.6. The average molecular weight is 1230 g/mol. The molecule has 6 heterocycles. The molecule has 28 nitrogen and oxygen atoms in total. The third-order valence-electron chi connectivity index (χ3n) is 15.3. The summed E-state index contributed by atoms with van der Waals surface area (Å²) in [6.45, 7) is 1.35. The number of carbonyl (C=O) groups is 2. The molecule has 30 heteroatoms. The van der Waals surface area contributed by atoms with E-state index in [2.05, 4.69) is 30.3 Å². The highest BCUT2D eigenvalue weighted by atomic mass is 31.2. The summed E-state index contributed by atoms with van der Waals surface area (Å²) < 4.78 is 76.8. The molecule has 10 rings (SSSR count). The SMILES string of the molecule is C[C@H](N[P@@](=O)(OC[C@@]1(C#N)O[C@@H](c2ccc3c(N)ncnn23)[C@H](O)[C@@H]1O)Oc1ccccc1)C(=O)OC1CCCCCC1.C[C@H](N[P@](=O)(OC[C@@]1(C#N)O[C@@H](c2ccc3c(N)ncnn23)[C@H](O)[C@@H]1O)Oc1ccccc1)C(=O)OC1CCCCCC1. The number of nitrogens with one attached hydrogen (secondary N) is 2. The molecular formula is C56H70N12O16P2. The van der Waals surface area contributed by atoms with Gasteiger partial charge in [0.1, 0.15) is 121 Å². The molecule has 0 bridgehead atoms. The summed E-state index contributed by atoms with van der Waals surface area (Å²) >= 11 is 0. The second-order valence-corrected chi connectivity index (χ2v) is 24.9. The van der Waals surface area contributed by atoms with Gasteiger partial charge in [0.25, 0.3) is 0 Å². The average Bonchev–Trinajstić information content (AvgIpc) is 1.97. The highest BCUT2D eigenvalue weighted by Gasteiger charge is 2.59. The Kier molecular flexibility index (Phi) is 20.4. The molecule has 2 saturated heterocycles. The number of fused-ring (bicyclic) bond motifs is 2. The van der Waals surface area contributed by atoms with Gasteiger partial charge in [0.15, 0.2) is 11.6 Å². The number of nitrogen functional groups attached to an aromatic ring is 2. The van der Waals surface area contributed by atoms with Gasteiger partial charge in [0, 0.05) is 0 Å². The summed E-state index contributed by atoms with van der Waals surface area (Å²) in [6.07, 6.45) is 3.98. The van der Waals surface area contributed by atoms with Crippen LogP contribution in [0.1, 0.15) is 114 Å². The maximum absolute atomic E-state index is 14.1. The number of para-hydroxylation sites is 2. The Morgan fingerprint density at radius 1 is 0.616 bits per heavy atom. The lowest BCUT2D eigenvalue weighted by atomic mass is 9.96. The molecule has 0 amide bonds. The van der Waals surface area contributed by atoms with Crippen LogP contribution in [0, 0.1) is 22.7 Å². The summed E-state index contributed by atoms with van der Waals surface area (Å²) in [4.78, 5) is 33.7. The number of nitrogens with zero attached hydrogens (tertiary/aromatic N) is 8. The van der Waals surface area contributed by atoms with Crippen molar-refractivity contribution >= 4 is 50.1 Å². The van der Waals surface area contributed by atoms with Gasteiger partial charge in [-0.15, -0.1) is 0 Å². The Bertz CT molecular complexity index is 3240. The molecule has 2 aromatic carbocycles. The van der Waals surface area contributed by atoms with Crippen molar-refractivity contribution in [3.05, 3.63) is 109 Å². The van der Waals surface area contributed by atoms with E-state index in [9.17, 15) is 49.7 Å². The van der Waals surface area contributed by atoms with Crippen LogP contribution >= 0.6 is 15.5 Å². The molecule has 0 radical (unpaired) electrons. The van der Waals surface area contributed by atoms with E-state index in [0.717, 1.165) is 77.0 Å². The number of benzene rings is 2. The molecule has 0 unspecified atom stereocenters. The number of nitrogens with two attached hydrogens (primary N) is 2. The van der Waals surface area contributed by atoms with E-state index in [1.165, 1.54) is 59.8 Å². The Hall–Kier alpha value is -7.14. The smallest absolute Gasteiger partial charge is 0.459 e. The van der Waals surface area contributed by atoms with Gasteiger partial charge in [-0.2, -0.15) is 30.9 Å². The van der Waals surface area contributed by atoms with Crippen LogP contribution in [0.25, 0.3) is 11.0 Å². The third-order valence-corrected chi connectivity index (χ3v) is 18.5. The number of ether oxygens (including phenoxy) is 4. The van der Waals surface area contributed by atoms with E-state index < -0.39 is 101 Å². The first kappa shape index (κ1) is 63.4. The number of hydrogen-bond acceptors (Lipinski definition) is 24. The summed E-state index contributed by atoms with van der Waals surface area (Å²) in [5.41, 5.74) is 8.93.